The van der Waals surface area contributed by atoms with E-state index in [1.165, 1.54) is 5.57 Å². The molecule has 0 aliphatic heterocycles. The standard InChI is InChI=1S/C20H33NO3/c1-2-3-4-7-16(22)9-10-17-18-12-14(6-5-8-20(21)24)11-15(18)13-19(17)23/h6,9-10,15-19,22-23H,2-5,7-8,11-13H2,1H3,(H2,21,24)/b10-9+,14-6+/t15-,16-,17+,18-,19+/m0/s1. The number of aliphatic hydroxyl groups excluding tert-OH is 2. The van der Waals surface area contributed by atoms with Gasteiger partial charge in [-0.05, 0) is 43.9 Å². The summed E-state index contributed by atoms with van der Waals surface area (Å²) in [6.45, 7) is 2.16. The Balaban J connectivity index is 1.86. The van der Waals surface area contributed by atoms with Gasteiger partial charge in [-0.1, -0.05) is 50.0 Å². The van der Waals surface area contributed by atoms with Gasteiger partial charge in [0.15, 0.2) is 0 Å². The quantitative estimate of drug-likeness (QED) is 0.447. The second-order valence-corrected chi connectivity index (χ2v) is 7.53. The zero-order chi connectivity index (χ0) is 17.5. The molecule has 2 saturated carbocycles. The summed E-state index contributed by atoms with van der Waals surface area (Å²) >= 11 is 0. The highest BCUT2D eigenvalue weighted by Gasteiger charge is 2.44. The minimum atomic E-state index is -0.394. The number of carbonyl (C=O) groups excluding carboxylic acids is 1. The minimum absolute atomic E-state index is 0.151. The van der Waals surface area contributed by atoms with Crippen LogP contribution in [0.4, 0.5) is 0 Å². The molecule has 0 aromatic heterocycles. The maximum Gasteiger partial charge on any atom is 0.217 e. The molecule has 24 heavy (non-hydrogen) atoms. The van der Waals surface area contributed by atoms with Crippen LogP contribution in [-0.4, -0.2) is 28.3 Å². The number of allylic oxidation sites excluding steroid dienone is 2. The Labute approximate surface area is 145 Å². The maximum absolute atomic E-state index is 10.8. The average Bonchev–Trinajstić information content (AvgIpc) is 3.02. The molecule has 4 N–H and O–H groups in total. The molecule has 0 radical (unpaired) electrons. The monoisotopic (exact) mass is 335 g/mol. The summed E-state index contributed by atoms with van der Waals surface area (Å²) in [5, 5.41) is 20.4. The summed E-state index contributed by atoms with van der Waals surface area (Å²) in [5.41, 5.74) is 6.59. The average molecular weight is 335 g/mol. The normalized spacial score (nSPS) is 32.5. The lowest BCUT2D eigenvalue weighted by Gasteiger charge is -2.17. The largest absolute Gasteiger partial charge is 0.392 e. The molecule has 1 amide bonds. The molecule has 136 valence electrons. The smallest absolute Gasteiger partial charge is 0.217 e. The number of hydrogen-bond donors (Lipinski definition) is 3. The van der Waals surface area contributed by atoms with Gasteiger partial charge < -0.3 is 15.9 Å². The lowest BCUT2D eigenvalue weighted by molar-refractivity contribution is -0.117. The molecule has 4 nitrogen and oxygen atoms in total. The van der Waals surface area contributed by atoms with Crippen LogP contribution in [-0.2, 0) is 4.79 Å². The highest BCUT2D eigenvalue weighted by atomic mass is 16.3. The molecule has 0 unspecified atom stereocenters. The number of nitrogens with two attached hydrogens (primary N) is 1. The van der Waals surface area contributed by atoms with E-state index in [-0.39, 0.29) is 17.9 Å². The van der Waals surface area contributed by atoms with Crippen LogP contribution in [0.25, 0.3) is 0 Å². The first kappa shape index (κ1) is 19.2. The van der Waals surface area contributed by atoms with Gasteiger partial charge in [0.2, 0.25) is 5.91 Å². The second-order valence-electron chi connectivity index (χ2n) is 7.53. The summed E-state index contributed by atoms with van der Waals surface area (Å²) in [7, 11) is 0. The fourth-order valence-corrected chi connectivity index (χ4v) is 4.31. The number of carbonyl (C=O) groups is 1. The fraction of sp³-hybridized carbons (Fsp3) is 0.750. The van der Waals surface area contributed by atoms with Crippen molar-refractivity contribution in [2.75, 3.05) is 0 Å². The Hall–Kier alpha value is -1.13. The number of hydrogen-bond acceptors (Lipinski definition) is 3. The Morgan fingerprint density at radius 1 is 1.38 bits per heavy atom. The van der Waals surface area contributed by atoms with Crippen molar-refractivity contribution in [3.63, 3.8) is 0 Å². The van der Waals surface area contributed by atoms with E-state index in [4.69, 9.17) is 5.73 Å². The van der Waals surface area contributed by atoms with Gasteiger partial charge in [0.1, 0.15) is 0 Å². The SMILES string of the molecule is CCCCC[C@H](O)/C=C/[C@@H]1[C@H]2C/C(=C/CCC(N)=O)C[C@H]2C[C@H]1O. The third-order valence-corrected chi connectivity index (χ3v) is 5.59. The number of fused-ring (bicyclic) bond motifs is 1. The molecular formula is C20H33NO3. The summed E-state index contributed by atoms with van der Waals surface area (Å²) in [5.74, 6) is 0.904. The van der Waals surface area contributed by atoms with Gasteiger partial charge in [-0.25, -0.2) is 0 Å². The fourth-order valence-electron chi connectivity index (χ4n) is 4.31. The van der Waals surface area contributed by atoms with Crippen LogP contribution in [0.3, 0.4) is 0 Å². The van der Waals surface area contributed by atoms with E-state index in [9.17, 15) is 15.0 Å². The Bertz CT molecular complexity index is 472. The van der Waals surface area contributed by atoms with Crippen LogP contribution in [0.1, 0.15) is 64.7 Å². The van der Waals surface area contributed by atoms with Crippen molar-refractivity contribution >= 4 is 5.91 Å². The van der Waals surface area contributed by atoms with Gasteiger partial charge in [0.25, 0.3) is 0 Å². The molecule has 2 aliphatic carbocycles. The van der Waals surface area contributed by atoms with E-state index in [0.717, 1.165) is 51.4 Å². The summed E-state index contributed by atoms with van der Waals surface area (Å²) in [6, 6.07) is 0. The van der Waals surface area contributed by atoms with Crippen molar-refractivity contribution < 1.29 is 15.0 Å². The van der Waals surface area contributed by atoms with Crippen LogP contribution in [0.15, 0.2) is 23.8 Å². The molecule has 0 aromatic rings. The topological polar surface area (TPSA) is 83.5 Å². The summed E-state index contributed by atoms with van der Waals surface area (Å²) < 4.78 is 0. The van der Waals surface area contributed by atoms with Crippen molar-refractivity contribution in [3.05, 3.63) is 23.8 Å². The summed E-state index contributed by atoms with van der Waals surface area (Å²) in [4.78, 5) is 10.8. The number of primary amides is 1. The number of unbranched alkanes of at least 4 members (excludes halogenated alkanes) is 2. The van der Waals surface area contributed by atoms with Crippen LogP contribution in [0.5, 0.6) is 0 Å². The lowest BCUT2D eigenvalue weighted by atomic mass is 9.90. The van der Waals surface area contributed by atoms with Gasteiger partial charge in [-0.3, -0.25) is 4.79 Å². The maximum atomic E-state index is 10.8. The van der Waals surface area contributed by atoms with Gasteiger partial charge in [-0.15, -0.1) is 0 Å². The molecule has 2 aliphatic rings. The zero-order valence-corrected chi connectivity index (χ0v) is 14.9. The van der Waals surface area contributed by atoms with E-state index >= 15 is 0 Å². The van der Waals surface area contributed by atoms with E-state index in [1.54, 1.807) is 0 Å². The van der Waals surface area contributed by atoms with Gasteiger partial charge in [0.05, 0.1) is 12.2 Å². The highest BCUT2D eigenvalue weighted by molar-refractivity contribution is 5.73. The Kier molecular flexibility index (Phi) is 7.50. The van der Waals surface area contributed by atoms with Gasteiger partial charge in [-0.2, -0.15) is 0 Å². The minimum Gasteiger partial charge on any atom is -0.392 e. The van der Waals surface area contributed by atoms with Crippen LogP contribution >= 0.6 is 0 Å². The molecule has 2 rings (SSSR count). The van der Waals surface area contributed by atoms with E-state index < -0.39 is 6.10 Å². The van der Waals surface area contributed by atoms with E-state index in [2.05, 4.69) is 19.1 Å². The Morgan fingerprint density at radius 3 is 2.88 bits per heavy atom. The predicted molar refractivity (Wildman–Crippen MR) is 96.1 cm³/mol. The van der Waals surface area contributed by atoms with Crippen LogP contribution in [0, 0.1) is 17.8 Å². The van der Waals surface area contributed by atoms with Crippen molar-refractivity contribution in [1.29, 1.82) is 0 Å². The number of rotatable bonds is 9. The zero-order valence-electron chi connectivity index (χ0n) is 14.9. The molecule has 0 saturated heterocycles. The van der Waals surface area contributed by atoms with Crippen LogP contribution in [0.2, 0.25) is 0 Å². The van der Waals surface area contributed by atoms with Crippen molar-refractivity contribution in [2.24, 2.45) is 23.5 Å². The van der Waals surface area contributed by atoms with Gasteiger partial charge in [0, 0.05) is 12.3 Å². The molecule has 0 spiro atoms. The molecule has 0 bridgehead atoms. The first-order valence-corrected chi connectivity index (χ1v) is 9.52. The molecule has 2 fully saturated rings. The first-order chi connectivity index (χ1) is 11.5. The third-order valence-electron chi connectivity index (χ3n) is 5.59. The van der Waals surface area contributed by atoms with Crippen molar-refractivity contribution in [2.45, 2.75) is 76.9 Å². The van der Waals surface area contributed by atoms with Gasteiger partial charge >= 0.3 is 0 Å². The summed E-state index contributed by atoms with van der Waals surface area (Å²) in [6.07, 6.45) is 13.6. The number of aliphatic hydroxyl groups is 2. The first-order valence-electron chi connectivity index (χ1n) is 9.52. The third kappa shape index (κ3) is 5.45. The Morgan fingerprint density at radius 2 is 2.17 bits per heavy atom. The molecule has 0 heterocycles. The lowest BCUT2D eigenvalue weighted by Crippen LogP contribution is -2.17. The molecule has 0 aromatic carbocycles. The number of amides is 1. The van der Waals surface area contributed by atoms with E-state index in [0.29, 0.717) is 18.3 Å². The molecular weight excluding hydrogens is 302 g/mol. The second kappa shape index (κ2) is 9.38. The van der Waals surface area contributed by atoms with Crippen LogP contribution < -0.4 is 5.73 Å². The van der Waals surface area contributed by atoms with E-state index in [1.807, 2.05) is 6.08 Å². The van der Waals surface area contributed by atoms with Crippen molar-refractivity contribution in [1.82, 2.24) is 0 Å². The highest BCUT2D eigenvalue weighted by Crippen LogP contribution is 2.50. The molecule has 5 atom stereocenters. The van der Waals surface area contributed by atoms with Crippen molar-refractivity contribution in [3.8, 4) is 0 Å². The molecule has 4 heteroatoms. The predicted octanol–water partition coefficient (Wildman–Crippen LogP) is 3.08.